The minimum absolute atomic E-state index is 1.06. The van der Waals surface area contributed by atoms with E-state index in [0.29, 0.717) is 0 Å². The topological polar surface area (TPSA) is 0 Å². The fraction of sp³-hybridized carbons (Fsp3) is 0. The largest absolute Gasteiger partial charge is 0.0622 e. The van der Waals surface area contributed by atoms with Gasteiger partial charge >= 0.3 is 0 Å². The zero-order valence-corrected chi connectivity index (χ0v) is 28.6. The van der Waals surface area contributed by atoms with E-state index in [4.69, 9.17) is 0 Å². The summed E-state index contributed by atoms with van der Waals surface area (Å²) in [6.45, 7) is 0. The van der Waals surface area contributed by atoms with Crippen LogP contribution in [0.5, 0.6) is 0 Å². The van der Waals surface area contributed by atoms with Crippen LogP contribution in [0.4, 0.5) is 0 Å². The van der Waals surface area contributed by atoms with Crippen molar-refractivity contribution in [1.82, 2.24) is 0 Å². The van der Waals surface area contributed by atoms with Gasteiger partial charge < -0.3 is 0 Å². The predicted octanol–water partition coefficient (Wildman–Crippen LogP) is 13.7. The van der Waals surface area contributed by atoms with Crippen LogP contribution in [0, 0.1) is 0 Å². The van der Waals surface area contributed by atoms with Crippen LogP contribution in [0.25, 0.3) is 66.4 Å². The summed E-state index contributed by atoms with van der Waals surface area (Å²) in [4.78, 5) is 0. The van der Waals surface area contributed by atoms with Gasteiger partial charge in [0, 0.05) is 17.9 Å². The molecule has 0 saturated heterocycles. The van der Waals surface area contributed by atoms with E-state index >= 15 is 0 Å². The van der Waals surface area contributed by atoms with Crippen molar-refractivity contribution in [2.24, 2.45) is 0 Å². The third-order valence-electron chi connectivity index (χ3n) is 7.71. The Morgan fingerprint density at radius 2 is 0.690 bits per heavy atom. The van der Waals surface area contributed by atoms with E-state index < -0.39 is 0 Å². The van der Waals surface area contributed by atoms with E-state index in [1.54, 1.807) is 0 Å². The average molecular weight is 798 g/mol. The predicted molar refractivity (Wildman–Crippen MR) is 193 cm³/mol. The summed E-state index contributed by atoms with van der Waals surface area (Å²) in [5.41, 5.74) is 12.1. The molecule has 0 nitrogen and oxygen atoms in total. The highest BCUT2D eigenvalue weighted by Crippen LogP contribution is 2.54. The number of rotatable bonds is 4. The van der Waals surface area contributed by atoms with Gasteiger partial charge in [0.2, 0.25) is 0 Å². The highest BCUT2D eigenvalue weighted by Gasteiger charge is 2.27. The second-order valence-electron chi connectivity index (χ2n) is 10.2. The summed E-state index contributed by atoms with van der Waals surface area (Å²) in [5, 5.41) is 2.51. The van der Waals surface area contributed by atoms with Crippen molar-refractivity contribution in [3.63, 3.8) is 0 Å². The van der Waals surface area contributed by atoms with Crippen LogP contribution in [0.15, 0.2) is 151 Å². The lowest BCUT2D eigenvalue weighted by Gasteiger charge is -2.23. The van der Waals surface area contributed by atoms with Gasteiger partial charge in [-0.25, -0.2) is 0 Å². The maximum Gasteiger partial charge on any atom is 0.0175 e. The Bertz CT molecular complexity index is 2020. The molecule has 0 aromatic heterocycles. The molecule has 4 heteroatoms. The third-order valence-corrected chi connectivity index (χ3v) is 9.83. The summed E-state index contributed by atoms with van der Waals surface area (Å²) in [7, 11) is 0. The number of fused-ring (bicyclic) bond motifs is 3. The summed E-state index contributed by atoms with van der Waals surface area (Å²) in [6.07, 6.45) is 0. The second kappa shape index (κ2) is 11.6. The molecule has 0 amide bonds. The van der Waals surface area contributed by atoms with E-state index in [1.807, 2.05) is 0 Å². The molecular formula is C38H22Br4. The van der Waals surface area contributed by atoms with Crippen LogP contribution in [-0.4, -0.2) is 0 Å². The number of hydrogen-bond donors (Lipinski definition) is 0. The zero-order chi connectivity index (χ0) is 28.8. The average Bonchev–Trinajstić information content (AvgIpc) is 3.19. The van der Waals surface area contributed by atoms with Crippen LogP contribution >= 0.6 is 63.7 Å². The minimum atomic E-state index is 1.06. The van der Waals surface area contributed by atoms with Gasteiger partial charge in [0.1, 0.15) is 0 Å². The standard InChI is InChI=1S/C38H22Br4/c39-28-14-6-23(7-15-28)34-33-22-27-4-2-1-3-5-32(27)38(33)37(26-12-20-31(42)21-13-26)36(25-10-18-30(41)19-11-25)35(34)24-8-16-29(40)17-9-24/h1-22H. The summed E-state index contributed by atoms with van der Waals surface area (Å²) in [5.74, 6) is 0. The fourth-order valence-corrected chi connectivity index (χ4v) is 6.95. The molecule has 0 aliphatic heterocycles. The highest BCUT2D eigenvalue weighted by atomic mass is 79.9. The molecule has 5 aromatic rings. The van der Waals surface area contributed by atoms with E-state index in [0.717, 1.165) is 17.9 Å². The Morgan fingerprint density at radius 3 is 1.17 bits per heavy atom. The molecule has 5 aromatic carbocycles. The van der Waals surface area contributed by atoms with E-state index in [1.165, 1.54) is 66.4 Å². The first-order valence-electron chi connectivity index (χ1n) is 13.5. The van der Waals surface area contributed by atoms with Crippen LogP contribution in [0.1, 0.15) is 0 Å². The summed E-state index contributed by atoms with van der Waals surface area (Å²) >= 11 is 14.7. The highest BCUT2D eigenvalue weighted by molar-refractivity contribution is 9.11. The Labute approximate surface area is 279 Å². The van der Waals surface area contributed by atoms with Gasteiger partial charge in [0.15, 0.2) is 0 Å². The normalized spacial score (nSPS) is 11.3. The van der Waals surface area contributed by atoms with Gasteiger partial charge in [0.05, 0.1) is 0 Å². The van der Waals surface area contributed by atoms with Gasteiger partial charge in [-0.05, 0) is 121 Å². The summed E-state index contributed by atoms with van der Waals surface area (Å²) in [6, 6.07) is 48.2. The molecule has 0 unspecified atom stereocenters. The van der Waals surface area contributed by atoms with Gasteiger partial charge in [-0.1, -0.05) is 143 Å². The molecule has 0 spiro atoms. The molecule has 0 atom stereocenters. The van der Waals surface area contributed by atoms with Crippen molar-refractivity contribution >= 4 is 74.5 Å². The Kier molecular flexibility index (Phi) is 7.66. The molecule has 7 rings (SSSR count). The summed E-state index contributed by atoms with van der Waals surface area (Å²) < 4.78 is 4.24. The van der Waals surface area contributed by atoms with Crippen LogP contribution in [-0.2, 0) is 0 Å². The molecule has 0 bridgehead atoms. The molecule has 2 aliphatic carbocycles. The lowest BCUT2D eigenvalue weighted by atomic mass is 9.79. The van der Waals surface area contributed by atoms with Gasteiger partial charge in [-0.2, -0.15) is 0 Å². The number of halogens is 4. The van der Waals surface area contributed by atoms with Crippen molar-refractivity contribution in [3.05, 3.63) is 151 Å². The third kappa shape index (κ3) is 5.09. The molecule has 0 N–H and O–H groups in total. The van der Waals surface area contributed by atoms with Crippen molar-refractivity contribution < 1.29 is 0 Å². The fourth-order valence-electron chi connectivity index (χ4n) is 5.90. The first-order chi connectivity index (χ1) is 20.5. The zero-order valence-electron chi connectivity index (χ0n) is 22.2. The quantitative estimate of drug-likeness (QED) is 0.166. The van der Waals surface area contributed by atoms with Crippen molar-refractivity contribution in [2.75, 3.05) is 0 Å². The minimum Gasteiger partial charge on any atom is -0.0622 e. The molecule has 0 fully saturated rings. The monoisotopic (exact) mass is 794 g/mol. The molecule has 42 heavy (non-hydrogen) atoms. The van der Waals surface area contributed by atoms with Gasteiger partial charge in [-0.3, -0.25) is 0 Å². The van der Waals surface area contributed by atoms with Crippen LogP contribution < -0.4 is 0 Å². The Balaban J connectivity index is 1.78. The molecule has 202 valence electrons. The second-order valence-corrected chi connectivity index (χ2v) is 13.9. The molecule has 0 heterocycles. The lowest BCUT2D eigenvalue weighted by Crippen LogP contribution is -1.96. The lowest BCUT2D eigenvalue weighted by molar-refractivity contribution is 1.55. The molecule has 0 radical (unpaired) electrons. The first-order valence-corrected chi connectivity index (χ1v) is 16.7. The maximum atomic E-state index is 3.68. The maximum absolute atomic E-state index is 3.68. The SMILES string of the molecule is Brc1ccc(-c2c(-c3ccc(Br)cc3)c(-c3ccc(Br)cc3)c3c4cccccc-4cc3c2-c2ccc(Br)cc2)cc1. The molecule has 0 saturated carbocycles. The number of hydrogen-bond acceptors (Lipinski definition) is 0. The van der Waals surface area contributed by atoms with Gasteiger partial charge in [0.25, 0.3) is 0 Å². The smallest absolute Gasteiger partial charge is 0.0175 e. The van der Waals surface area contributed by atoms with E-state index in [2.05, 4.69) is 197 Å². The van der Waals surface area contributed by atoms with Crippen LogP contribution in [0.2, 0.25) is 0 Å². The Hall–Kier alpha value is -3.02. The van der Waals surface area contributed by atoms with Crippen LogP contribution in [0.3, 0.4) is 0 Å². The Morgan fingerprint density at radius 1 is 0.310 bits per heavy atom. The first kappa shape index (κ1) is 27.8. The van der Waals surface area contributed by atoms with Gasteiger partial charge in [-0.15, -0.1) is 0 Å². The van der Waals surface area contributed by atoms with E-state index in [9.17, 15) is 0 Å². The van der Waals surface area contributed by atoms with Crippen molar-refractivity contribution in [3.8, 4) is 55.6 Å². The number of benzene rings is 5. The molecule has 2 aliphatic rings. The van der Waals surface area contributed by atoms with E-state index in [-0.39, 0.29) is 0 Å². The van der Waals surface area contributed by atoms with Crippen molar-refractivity contribution in [2.45, 2.75) is 0 Å². The van der Waals surface area contributed by atoms with Crippen molar-refractivity contribution in [1.29, 1.82) is 0 Å². The molecular weight excluding hydrogens is 776 g/mol.